The molecule has 0 bridgehead atoms. The Morgan fingerprint density at radius 3 is 2.24 bits per heavy atom. The van der Waals surface area contributed by atoms with Crippen LogP contribution in [0.15, 0.2) is 83.8 Å². The Kier molecular flexibility index (Phi) is 10.9. The van der Waals surface area contributed by atoms with Gasteiger partial charge in [0, 0.05) is 17.6 Å². The summed E-state index contributed by atoms with van der Waals surface area (Å²) in [6.45, 7) is 3.55. The van der Waals surface area contributed by atoms with Gasteiger partial charge in [-0.2, -0.15) is 0 Å². The summed E-state index contributed by atoms with van der Waals surface area (Å²) < 4.78 is 35.0. The van der Waals surface area contributed by atoms with Crippen LogP contribution >= 0.6 is 11.6 Å². The SMILES string of the molecule is CCOc1ccccc1N(CC(=O)N(Cc1ccc(Cl)cc1)[C@H](CC)C(=O)NC1CCCC1)S(=O)(=O)c1ccccc1. The first-order valence-corrected chi connectivity index (χ1v) is 16.2. The molecule has 2 amide bonds. The van der Waals surface area contributed by atoms with Gasteiger partial charge in [-0.25, -0.2) is 8.42 Å². The molecule has 0 heterocycles. The van der Waals surface area contributed by atoms with Crippen LogP contribution in [0.2, 0.25) is 5.02 Å². The van der Waals surface area contributed by atoms with Gasteiger partial charge in [0.25, 0.3) is 10.0 Å². The molecule has 1 fully saturated rings. The predicted molar refractivity (Wildman–Crippen MR) is 165 cm³/mol. The van der Waals surface area contributed by atoms with E-state index in [2.05, 4.69) is 5.32 Å². The zero-order valence-electron chi connectivity index (χ0n) is 24.0. The highest BCUT2D eigenvalue weighted by molar-refractivity contribution is 7.92. The van der Waals surface area contributed by atoms with Crippen LogP contribution in [0.1, 0.15) is 51.5 Å². The summed E-state index contributed by atoms with van der Waals surface area (Å²) in [5, 5.41) is 3.67. The second kappa shape index (κ2) is 14.6. The zero-order valence-corrected chi connectivity index (χ0v) is 25.6. The van der Waals surface area contributed by atoms with Gasteiger partial charge in [0.2, 0.25) is 11.8 Å². The fourth-order valence-corrected chi connectivity index (χ4v) is 6.82. The van der Waals surface area contributed by atoms with Gasteiger partial charge in [-0.15, -0.1) is 0 Å². The van der Waals surface area contributed by atoms with Crippen LogP contribution < -0.4 is 14.4 Å². The van der Waals surface area contributed by atoms with Gasteiger partial charge >= 0.3 is 0 Å². The molecule has 42 heavy (non-hydrogen) atoms. The lowest BCUT2D eigenvalue weighted by molar-refractivity contribution is -0.140. The maximum absolute atomic E-state index is 14.3. The molecule has 1 aliphatic rings. The standard InChI is InChI=1S/C32H38ClN3O5S/c1-3-28(32(38)34-26-12-8-9-13-26)35(22-24-18-20-25(33)21-19-24)31(37)23-36(29-16-10-11-17-30(29)41-4-2)42(39,40)27-14-6-5-7-15-27/h5-7,10-11,14-21,26,28H,3-4,8-9,12-13,22-23H2,1-2H3,(H,34,38)/t28-/m1/s1. The van der Waals surface area contributed by atoms with Crippen molar-refractivity contribution in [2.24, 2.45) is 0 Å². The average Bonchev–Trinajstić information content (AvgIpc) is 3.50. The predicted octanol–water partition coefficient (Wildman–Crippen LogP) is 5.80. The van der Waals surface area contributed by atoms with Crippen molar-refractivity contribution in [1.29, 1.82) is 0 Å². The van der Waals surface area contributed by atoms with Crippen molar-refractivity contribution in [3.8, 4) is 5.75 Å². The molecule has 0 aromatic heterocycles. The second-order valence-corrected chi connectivity index (χ2v) is 12.6. The number of hydrogen-bond donors (Lipinski definition) is 1. The van der Waals surface area contributed by atoms with E-state index in [1.807, 2.05) is 6.92 Å². The molecule has 4 rings (SSSR count). The molecule has 1 atom stereocenters. The number of para-hydroxylation sites is 2. The largest absolute Gasteiger partial charge is 0.492 e. The van der Waals surface area contributed by atoms with Crippen molar-refractivity contribution in [2.75, 3.05) is 17.5 Å². The van der Waals surface area contributed by atoms with Crippen LogP contribution in [-0.4, -0.2) is 50.4 Å². The summed E-state index contributed by atoms with van der Waals surface area (Å²) in [6, 6.07) is 21.0. The van der Waals surface area contributed by atoms with E-state index in [1.165, 1.54) is 17.0 Å². The van der Waals surface area contributed by atoms with E-state index >= 15 is 0 Å². The van der Waals surface area contributed by atoms with Crippen LogP contribution in [0, 0.1) is 0 Å². The van der Waals surface area contributed by atoms with E-state index < -0.39 is 28.5 Å². The van der Waals surface area contributed by atoms with Crippen LogP contribution in [0.25, 0.3) is 0 Å². The Morgan fingerprint density at radius 1 is 0.952 bits per heavy atom. The van der Waals surface area contributed by atoms with Crippen LogP contribution in [0.5, 0.6) is 5.75 Å². The van der Waals surface area contributed by atoms with E-state index in [-0.39, 0.29) is 29.1 Å². The fraction of sp³-hybridized carbons (Fsp3) is 0.375. The number of rotatable bonds is 13. The van der Waals surface area contributed by atoms with E-state index in [1.54, 1.807) is 73.7 Å². The minimum atomic E-state index is -4.19. The minimum Gasteiger partial charge on any atom is -0.492 e. The molecule has 0 unspecified atom stereocenters. The number of nitrogens with zero attached hydrogens (tertiary/aromatic N) is 2. The molecular weight excluding hydrogens is 574 g/mol. The molecule has 1 aliphatic carbocycles. The molecule has 1 N–H and O–H groups in total. The maximum atomic E-state index is 14.3. The second-order valence-electron chi connectivity index (χ2n) is 10.3. The van der Waals surface area contributed by atoms with E-state index in [0.717, 1.165) is 35.6 Å². The lowest BCUT2D eigenvalue weighted by Crippen LogP contribution is -2.53. The number of nitrogens with one attached hydrogen (secondary N) is 1. The molecule has 3 aromatic carbocycles. The van der Waals surface area contributed by atoms with Crippen molar-refractivity contribution in [1.82, 2.24) is 10.2 Å². The Bertz CT molecular complexity index is 1440. The third-order valence-corrected chi connectivity index (χ3v) is 9.42. The third-order valence-electron chi connectivity index (χ3n) is 7.40. The van der Waals surface area contributed by atoms with Crippen LogP contribution in [-0.2, 0) is 26.2 Å². The normalized spacial score (nSPS) is 14.3. The third kappa shape index (κ3) is 7.63. The molecule has 10 heteroatoms. The van der Waals surface area contributed by atoms with Crippen molar-refractivity contribution in [2.45, 2.75) is 69.5 Å². The number of hydrogen-bond acceptors (Lipinski definition) is 5. The highest BCUT2D eigenvalue weighted by atomic mass is 35.5. The number of carbonyl (C=O) groups excluding carboxylic acids is 2. The first-order chi connectivity index (χ1) is 20.2. The van der Waals surface area contributed by atoms with E-state index in [4.69, 9.17) is 16.3 Å². The Morgan fingerprint density at radius 2 is 1.60 bits per heavy atom. The van der Waals surface area contributed by atoms with Crippen molar-refractivity contribution >= 4 is 39.1 Å². The van der Waals surface area contributed by atoms with Crippen molar-refractivity contribution in [3.63, 3.8) is 0 Å². The van der Waals surface area contributed by atoms with Gasteiger partial charge in [-0.1, -0.05) is 73.8 Å². The molecule has 0 radical (unpaired) electrons. The number of benzene rings is 3. The van der Waals surface area contributed by atoms with Crippen LogP contribution in [0.3, 0.4) is 0 Å². The lowest BCUT2D eigenvalue weighted by atomic mass is 10.1. The van der Waals surface area contributed by atoms with Crippen LogP contribution in [0.4, 0.5) is 5.69 Å². The molecular formula is C32H38ClN3O5S. The summed E-state index contributed by atoms with van der Waals surface area (Å²) in [6.07, 6.45) is 4.29. The molecule has 1 saturated carbocycles. The summed E-state index contributed by atoms with van der Waals surface area (Å²) in [4.78, 5) is 29.3. The highest BCUT2D eigenvalue weighted by Gasteiger charge is 2.35. The number of halogens is 1. The van der Waals surface area contributed by atoms with E-state index in [0.29, 0.717) is 23.8 Å². The Balaban J connectivity index is 1.74. The molecule has 0 aliphatic heterocycles. The molecule has 0 spiro atoms. The summed E-state index contributed by atoms with van der Waals surface area (Å²) in [5.41, 5.74) is 1.01. The number of ether oxygens (including phenoxy) is 1. The first-order valence-electron chi connectivity index (χ1n) is 14.4. The minimum absolute atomic E-state index is 0.0411. The maximum Gasteiger partial charge on any atom is 0.264 e. The summed E-state index contributed by atoms with van der Waals surface area (Å²) in [7, 11) is -4.19. The number of anilines is 1. The van der Waals surface area contributed by atoms with Gasteiger partial charge in [0.15, 0.2) is 0 Å². The Labute approximate surface area is 253 Å². The summed E-state index contributed by atoms with van der Waals surface area (Å²) >= 11 is 6.10. The van der Waals surface area contributed by atoms with Gasteiger partial charge in [-0.3, -0.25) is 13.9 Å². The van der Waals surface area contributed by atoms with Crippen molar-refractivity contribution in [3.05, 3.63) is 89.4 Å². The van der Waals surface area contributed by atoms with Gasteiger partial charge in [-0.05, 0) is 68.1 Å². The van der Waals surface area contributed by atoms with Crippen molar-refractivity contribution < 1.29 is 22.7 Å². The smallest absolute Gasteiger partial charge is 0.264 e. The first kappa shape index (κ1) is 31.4. The van der Waals surface area contributed by atoms with E-state index in [9.17, 15) is 18.0 Å². The number of carbonyl (C=O) groups is 2. The Hall–Kier alpha value is -3.56. The number of amides is 2. The fourth-order valence-electron chi connectivity index (χ4n) is 5.25. The quantitative estimate of drug-likeness (QED) is 0.264. The number of sulfonamides is 1. The average molecular weight is 612 g/mol. The monoisotopic (exact) mass is 611 g/mol. The topological polar surface area (TPSA) is 96.0 Å². The molecule has 3 aromatic rings. The zero-order chi connectivity index (χ0) is 30.1. The van der Waals surface area contributed by atoms with Gasteiger partial charge in [0.1, 0.15) is 18.3 Å². The molecule has 8 nitrogen and oxygen atoms in total. The van der Waals surface area contributed by atoms with Gasteiger partial charge < -0.3 is 15.0 Å². The van der Waals surface area contributed by atoms with Gasteiger partial charge in [0.05, 0.1) is 17.2 Å². The highest BCUT2D eigenvalue weighted by Crippen LogP contribution is 2.33. The lowest BCUT2D eigenvalue weighted by Gasteiger charge is -2.34. The molecule has 224 valence electrons. The summed E-state index contributed by atoms with van der Waals surface area (Å²) in [5.74, 6) is -0.411. The molecule has 0 saturated heterocycles.